The van der Waals surface area contributed by atoms with Crippen LogP contribution in [0.5, 0.6) is 0 Å². The smallest absolute Gasteiger partial charge is 0.0625 e. The number of benzene rings is 10. The third-order valence-electron chi connectivity index (χ3n) is 13.9. The van der Waals surface area contributed by atoms with Gasteiger partial charge in [0.2, 0.25) is 0 Å². The maximum atomic E-state index is 2.45. The quantitative estimate of drug-likeness (QED) is 0.145. The Labute approximate surface area is 384 Å². The Balaban J connectivity index is 0.984. The van der Waals surface area contributed by atoms with E-state index in [1.807, 2.05) is 0 Å². The molecule has 0 saturated carbocycles. The Morgan fingerprint density at radius 1 is 0.379 bits per heavy atom. The number of nitrogens with zero attached hydrogens (tertiary/aromatic N) is 2. The van der Waals surface area contributed by atoms with Crippen LogP contribution in [0, 0.1) is 11.8 Å². The van der Waals surface area contributed by atoms with Gasteiger partial charge in [0.25, 0.3) is 0 Å². The minimum Gasteiger partial charge on any atom is -0.310 e. The molecule has 0 bridgehead atoms. The second kappa shape index (κ2) is 15.7. The van der Waals surface area contributed by atoms with Gasteiger partial charge in [-0.15, -0.1) is 0 Å². The molecule has 310 valence electrons. The van der Waals surface area contributed by atoms with Crippen molar-refractivity contribution >= 4 is 76.8 Å². The lowest BCUT2D eigenvalue weighted by Crippen LogP contribution is -2.15. The summed E-state index contributed by atoms with van der Waals surface area (Å²) in [6.07, 6.45) is 15.8. The van der Waals surface area contributed by atoms with Crippen molar-refractivity contribution in [1.29, 1.82) is 0 Å². The van der Waals surface area contributed by atoms with E-state index in [-0.39, 0.29) is 0 Å². The maximum absolute atomic E-state index is 2.45. The lowest BCUT2D eigenvalue weighted by Gasteiger charge is -2.29. The zero-order chi connectivity index (χ0) is 43.6. The van der Waals surface area contributed by atoms with E-state index in [9.17, 15) is 0 Å². The van der Waals surface area contributed by atoms with Crippen molar-refractivity contribution in [3.05, 3.63) is 260 Å². The van der Waals surface area contributed by atoms with Gasteiger partial charge in [0.05, 0.1) is 11.0 Å². The van der Waals surface area contributed by atoms with Crippen LogP contribution >= 0.6 is 0 Å². The van der Waals surface area contributed by atoms with Crippen LogP contribution in [0.3, 0.4) is 0 Å². The van der Waals surface area contributed by atoms with Crippen LogP contribution in [0.4, 0.5) is 17.1 Å². The monoisotopic (exact) mass is 840 g/mol. The van der Waals surface area contributed by atoms with Crippen molar-refractivity contribution in [1.82, 2.24) is 4.57 Å². The lowest BCUT2D eigenvalue weighted by molar-refractivity contribution is 0.678. The fourth-order valence-corrected chi connectivity index (χ4v) is 10.9. The second-order valence-corrected chi connectivity index (χ2v) is 17.6. The zero-order valence-corrected chi connectivity index (χ0v) is 36.3. The number of rotatable bonds is 7. The first kappa shape index (κ1) is 38.0. The number of hydrogen-bond acceptors (Lipinski definition) is 1. The Morgan fingerprint density at radius 2 is 0.985 bits per heavy atom. The van der Waals surface area contributed by atoms with Crippen molar-refractivity contribution in [2.45, 2.75) is 0 Å². The van der Waals surface area contributed by atoms with E-state index in [1.54, 1.807) is 0 Å². The molecule has 0 saturated heterocycles. The molecule has 0 aliphatic heterocycles. The van der Waals surface area contributed by atoms with Crippen LogP contribution < -0.4 is 4.90 Å². The summed E-state index contributed by atoms with van der Waals surface area (Å²) in [5, 5.41) is 10.0. The summed E-state index contributed by atoms with van der Waals surface area (Å²) in [7, 11) is 0. The highest BCUT2D eigenvalue weighted by Gasteiger charge is 2.25. The summed E-state index contributed by atoms with van der Waals surface area (Å²) in [5.41, 5.74) is 14.3. The van der Waals surface area contributed by atoms with Gasteiger partial charge in [-0.2, -0.15) is 0 Å². The molecule has 2 unspecified atom stereocenters. The number of hydrogen-bond donors (Lipinski definition) is 0. The van der Waals surface area contributed by atoms with Crippen LogP contribution in [0.1, 0.15) is 5.56 Å². The van der Waals surface area contributed by atoms with E-state index in [0.29, 0.717) is 11.8 Å². The van der Waals surface area contributed by atoms with Gasteiger partial charge in [-0.1, -0.05) is 188 Å². The molecule has 2 atom stereocenters. The molecule has 0 amide bonds. The largest absolute Gasteiger partial charge is 0.310 e. The summed E-state index contributed by atoms with van der Waals surface area (Å²) in [6.45, 7) is 0. The maximum Gasteiger partial charge on any atom is 0.0625 e. The molecule has 2 heteroatoms. The molecule has 66 heavy (non-hydrogen) atoms. The SMILES string of the molecule is C1=CC2C=CC=C(c3ccc(N(c4ccc(-c5cc6ccccc6c6ccccc56)cc4)c4cccc(-c5cc6ccccc6c6c5c5ccccc5n6-c5ccccc5)c4)cc3)C2C=C1. The molecule has 0 radical (unpaired) electrons. The predicted molar refractivity (Wildman–Crippen MR) is 281 cm³/mol. The molecule has 1 heterocycles. The van der Waals surface area contributed by atoms with Crippen molar-refractivity contribution in [2.24, 2.45) is 11.8 Å². The highest BCUT2D eigenvalue weighted by Crippen LogP contribution is 2.46. The van der Waals surface area contributed by atoms with Gasteiger partial charge >= 0.3 is 0 Å². The Bertz CT molecular complexity index is 3810. The summed E-state index contributed by atoms with van der Waals surface area (Å²) in [6, 6.07) is 78.3. The molecule has 0 N–H and O–H groups in total. The molecule has 2 aliphatic carbocycles. The van der Waals surface area contributed by atoms with Gasteiger partial charge in [0.1, 0.15) is 0 Å². The fourth-order valence-electron chi connectivity index (χ4n) is 10.9. The van der Waals surface area contributed by atoms with Crippen LogP contribution in [-0.2, 0) is 0 Å². The lowest BCUT2D eigenvalue weighted by atomic mass is 9.77. The van der Waals surface area contributed by atoms with Gasteiger partial charge < -0.3 is 9.47 Å². The average Bonchev–Trinajstić information content (AvgIpc) is 3.75. The molecule has 13 rings (SSSR count). The first-order valence-electron chi connectivity index (χ1n) is 23.0. The summed E-state index contributed by atoms with van der Waals surface area (Å²) < 4.78 is 2.45. The standard InChI is InChI=1S/C64H44N2/c1-2-21-49(22-3-1)66-62-31-13-12-29-59(62)63-61(42-48-18-6-9-26-56(48)64(63)66)46-20-14-23-52(40-46)65(50-36-32-44(33-37-50)54-30-15-19-43-16-4-7-24-53(43)54)51-38-34-45(35-39-51)60-41-47-17-5-8-25-55(47)57-27-10-11-28-58(57)60/h1-43,53H. The molecular weight excluding hydrogens is 797 g/mol. The fraction of sp³-hybridized carbons (Fsp3) is 0.0312. The average molecular weight is 841 g/mol. The molecular formula is C64H44N2. The van der Waals surface area contributed by atoms with Crippen LogP contribution in [0.2, 0.25) is 0 Å². The zero-order valence-electron chi connectivity index (χ0n) is 36.3. The van der Waals surface area contributed by atoms with Crippen molar-refractivity contribution in [3.8, 4) is 27.9 Å². The second-order valence-electron chi connectivity index (χ2n) is 17.6. The Hall–Kier alpha value is -8.46. The van der Waals surface area contributed by atoms with Gasteiger partial charge in [0.15, 0.2) is 0 Å². The van der Waals surface area contributed by atoms with E-state index in [1.165, 1.54) is 87.5 Å². The third kappa shape index (κ3) is 6.25. The van der Waals surface area contributed by atoms with Gasteiger partial charge in [-0.3, -0.25) is 0 Å². The first-order chi connectivity index (χ1) is 32.7. The first-order valence-corrected chi connectivity index (χ1v) is 23.0. The van der Waals surface area contributed by atoms with Gasteiger partial charge in [0, 0.05) is 50.7 Å². The van der Waals surface area contributed by atoms with Crippen LogP contribution in [0.15, 0.2) is 255 Å². The highest BCUT2D eigenvalue weighted by molar-refractivity contribution is 6.24. The predicted octanol–water partition coefficient (Wildman–Crippen LogP) is 17.4. The van der Waals surface area contributed by atoms with Gasteiger partial charge in [-0.25, -0.2) is 0 Å². The van der Waals surface area contributed by atoms with Crippen molar-refractivity contribution in [3.63, 3.8) is 0 Å². The van der Waals surface area contributed by atoms with Crippen LogP contribution in [0.25, 0.3) is 87.6 Å². The number of anilines is 3. The van der Waals surface area contributed by atoms with Gasteiger partial charge in [-0.05, 0) is 127 Å². The summed E-state index contributed by atoms with van der Waals surface area (Å²) >= 11 is 0. The van der Waals surface area contributed by atoms with E-state index < -0.39 is 0 Å². The van der Waals surface area contributed by atoms with E-state index >= 15 is 0 Å². The summed E-state index contributed by atoms with van der Waals surface area (Å²) in [5.74, 6) is 0.722. The number of allylic oxidation sites excluding steroid dienone is 8. The molecule has 2 nitrogen and oxygen atoms in total. The molecule has 0 spiro atoms. The van der Waals surface area contributed by atoms with E-state index in [4.69, 9.17) is 0 Å². The van der Waals surface area contributed by atoms with Crippen molar-refractivity contribution in [2.75, 3.05) is 4.90 Å². The Kier molecular flexibility index (Phi) is 9.02. The molecule has 10 aromatic carbocycles. The number of aromatic nitrogens is 1. The minimum atomic E-state index is 0.337. The summed E-state index contributed by atoms with van der Waals surface area (Å²) in [4.78, 5) is 2.42. The van der Waals surface area contributed by atoms with E-state index in [2.05, 4.69) is 264 Å². The Morgan fingerprint density at radius 3 is 1.77 bits per heavy atom. The van der Waals surface area contributed by atoms with E-state index in [0.717, 1.165) is 22.7 Å². The molecule has 1 aromatic heterocycles. The topological polar surface area (TPSA) is 8.17 Å². The third-order valence-corrected chi connectivity index (χ3v) is 13.9. The number of para-hydroxylation sites is 2. The van der Waals surface area contributed by atoms with Crippen LogP contribution in [-0.4, -0.2) is 4.57 Å². The molecule has 0 fully saturated rings. The van der Waals surface area contributed by atoms with Crippen molar-refractivity contribution < 1.29 is 0 Å². The number of fused-ring (bicyclic) bond motifs is 9. The highest BCUT2D eigenvalue weighted by atomic mass is 15.1. The molecule has 11 aromatic rings. The normalized spacial score (nSPS) is 15.5. The molecule has 2 aliphatic rings. The minimum absolute atomic E-state index is 0.337.